The Morgan fingerprint density at radius 1 is 1.00 bits per heavy atom. The molecule has 1 aromatic carbocycles. The summed E-state index contributed by atoms with van der Waals surface area (Å²) in [6.07, 6.45) is 1.88. The summed E-state index contributed by atoms with van der Waals surface area (Å²) >= 11 is 0. The first kappa shape index (κ1) is 21.6. The fraction of sp³-hybridized carbons (Fsp3) is 0.462. The molecule has 8 heteroatoms. The molecule has 0 radical (unpaired) electrons. The fourth-order valence-corrected chi connectivity index (χ4v) is 5.52. The van der Waals surface area contributed by atoms with E-state index in [1.54, 1.807) is 0 Å². The van der Waals surface area contributed by atoms with Crippen molar-refractivity contribution in [1.82, 2.24) is 9.97 Å². The average Bonchev–Trinajstić information content (AvgIpc) is 3.55. The highest BCUT2D eigenvalue weighted by atomic mass is 16.6. The number of carboxylic acids is 1. The second kappa shape index (κ2) is 8.69. The van der Waals surface area contributed by atoms with E-state index < -0.39 is 12.1 Å². The third kappa shape index (κ3) is 3.96. The van der Waals surface area contributed by atoms with Crippen LogP contribution >= 0.6 is 0 Å². The number of carboxylic acid groups (broad SMARTS) is 1. The number of aromatic amines is 1. The molecule has 2 saturated heterocycles. The summed E-state index contributed by atoms with van der Waals surface area (Å²) in [6.45, 7) is 0.653. The van der Waals surface area contributed by atoms with Crippen molar-refractivity contribution in [2.75, 3.05) is 13.2 Å². The highest BCUT2D eigenvalue weighted by molar-refractivity contribution is 5.80. The summed E-state index contributed by atoms with van der Waals surface area (Å²) in [5.74, 6) is 0.168. The van der Waals surface area contributed by atoms with Crippen LogP contribution < -0.4 is 4.74 Å². The lowest BCUT2D eigenvalue weighted by Gasteiger charge is -2.26. The molecule has 1 saturated carbocycles. The number of nitrogens with one attached hydrogen (secondary N) is 1. The van der Waals surface area contributed by atoms with Crippen molar-refractivity contribution in [3.05, 3.63) is 48.0 Å². The van der Waals surface area contributed by atoms with Crippen LogP contribution in [0.25, 0.3) is 22.3 Å². The van der Waals surface area contributed by atoms with Gasteiger partial charge in [-0.15, -0.1) is 0 Å². The van der Waals surface area contributed by atoms with Crippen molar-refractivity contribution in [3.63, 3.8) is 0 Å². The smallest absolute Gasteiger partial charge is 0.306 e. The summed E-state index contributed by atoms with van der Waals surface area (Å²) in [4.78, 5) is 19.3. The molecule has 6 rings (SSSR count). The van der Waals surface area contributed by atoms with E-state index in [1.807, 2.05) is 18.2 Å². The molecule has 4 heterocycles. The molecule has 3 fully saturated rings. The molecule has 8 nitrogen and oxygen atoms in total. The van der Waals surface area contributed by atoms with Gasteiger partial charge in [-0.3, -0.25) is 4.79 Å². The molecular formula is C26H28N2O6. The largest absolute Gasteiger partial charge is 0.481 e. The number of hydrogen-bond donors (Lipinski definition) is 3. The van der Waals surface area contributed by atoms with Crippen LogP contribution in [-0.4, -0.2) is 63.8 Å². The van der Waals surface area contributed by atoms with Crippen LogP contribution in [-0.2, 0) is 14.3 Å². The van der Waals surface area contributed by atoms with E-state index in [0.29, 0.717) is 18.4 Å². The van der Waals surface area contributed by atoms with Crippen molar-refractivity contribution in [2.45, 2.75) is 56.0 Å². The van der Waals surface area contributed by atoms with E-state index in [4.69, 9.17) is 19.2 Å². The number of benzene rings is 1. The molecule has 3 N–H and O–H groups in total. The van der Waals surface area contributed by atoms with E-state index in [2.05, 4.69) is 29.2 Å². The number of carbonyl (C=O) groups is 1. The molecule has 3 aliphatic rings. The topological polar surface area (TPSA) is 114 Å². The molecule has 3 aromatic rings. The molecule has 34 heavy (non-hydrogen) atoms. The van der Waals surface area contributed by atoms with Gasteiger partial charge in [0.25, 0.3) is 0 Å². The SMILES string of the molecule is O=C(O)C1CCC(c2ccc(-c3ccc4[nH]c(O[C@@H]5COC6[C@H](O)CO[C@@H]65)cc4n3)cc2)CC1. The molecule has 2 aliphatic heterocycles. The quantitative estimate of drug-likeness (QED) is 0.530. The number of pyridine rings is 1. The highest BCUT2D eigenvalue weighted by Crippen LogP contribution is 2.37. The number of aliphatic carboxylic acids is 1. The summed E-state index contributed by atoms with van der Waals surface area (Å²) in [7, 11) is 0. The van der Waals surface area contributed by atoms with Crippen molar-refractivity contribution < 1.29 is 29.2 Å². The maximum atomic E-state index is 11.2. The van der Waals surface area contributed by atoms with Crippen LogP contribution in [0.2, 0.25) is 0 Å². The summed E-state index contributed by atoms with van der Waals surface area (Å²) in [5.41, 5.74) is 4.88. The minimum Gasteiger partial charge on any atom is -0.481 e. The van der Waals surface area contributed by atoms with E-state index in [-0.39, 0.29) is 30.8 Å². The van der Waals surface area contributed by atoms with Gasteiger partial charge in [0.2, 0.25) is 0 Å². The second-order valence-corrected chi connectivity index (χ2v) is 9.59. The van der Waals surface area contributed by atoms with Crippen LogP contribution in [0.5, 0.6) is 5.88 Å². The first-order valence-electron chi connectivity index (χ1n) is 12.0. The van der Waals surface area contributed by atoms with Gasteiger partial charge in [-0.05, 0) is 49.3 Å². The summed E-state index contributed by atoms with van der Waals surface area (Å²) < 4.78 is 17.4. The van der Waals surface area contributed by atoms with Crippen LogP contribution in [0.4, 0.5) is 0 Å². The monoisotopic (exact) mass is 464 g/mol. The van der Waals surface area contributed by atoms with Crippen molar-refractivity contribution in [3.8, 4) is 17.1 Å². The van der Waals surface area contributed by atoms with Crippen LogP contribution in [0.3, 0.4) is 0 Å². The Morgan fingerprint density at radius 2 is 1.76 bits per heavy atom. The van der Waals surface area contributed by atoms with Gasteiger partial charge < -0.3 is 29.4 Å². The first-order chi connectivity index (χ1) is 16.5. The van der Waals surface area contributed by atoms with Crippen molar-refractivity contribution >= 4 is 17.0 Å². The van der Waals surface area contributed by atoms with Gasteiger partial charge in [0.15, 0.2) is 12.0 Å². The molecular weight excluding hydrogens is 436 g/mol. The maximum Gasteiger partial charge on any atom is 0.306 e. The van der Waals surface area contributed by atoms with Gasteiger partial charge in [0, 0.05) is 11.6 Å². The molecule has 0 amide bonds. The number of aliphatic hydroxyl groups is 1. The predicted octanol–water partition coefficient (Wildman–Crippen LogP) is 3.49. The van der Waals surface area contributed by atoms with Crippen LogP contribution in [0, 0.1) is 5.92 Å². The summed E-state index contributed by atoms with van der Waals surface area (Å²) in [5, 5.41) is 19.1. The number of ether oxygens (including phenoxy) is 3. The van der Waals surface area contributed by atoms with Gasteiger partial charge in [-0.25, -0.2) is 4.98 Å². The Balaban J connectivity index is 1.15. The zero-order valence-electron chi connectivity index (χ0n) is 18.7. The molecule has 1 unspecified atom stereocenters. The fourth-order valence-electron chi connectivity index (χ4n) is 5.52. The third-order valence-electron chi connectivity index (χ3n) is 7.46. The number of rotatable bonds is 5. The van der Waals surface area contributed by atoms with Gasteiger partial charge in [-0.1, -0.05) is 24.3 Å². The van der Waals surface area contributed by atoms with E-state index in [1.165, 1.54) is 5.56 Å². The first-order valence-corrected chi connectivity index (χ1v) is 12.0. The number of aromatic nitrogens is 2. The zero-order chi connectivity index (χ0) is 23.2. The standard InChI is InChI=1S/C26H28N2O6/c29-21-12-32-25-22(13-33-24(21)25)34-23-11-20-19(28-23)10-9-18(27-20)16-5-1-14(2-6-16)15-3-7-17(8-4-15)26(30)31/h1-2,5-6,9-11,15,17,21-22,24-25,28-29H,3-4,7-8,12-13H2,(H,30,31)/t15?,17?,21-,22-,24?,25-/m1/s1. The van der Waals surface area contributed by atoms with E-state index in [0.717, 1.165) is 48.0 Å². The molecule has 4 atom stereocenters. The van der Waals surface area contributed by atoms with E-state index >= 15 is 0 Å². The van der Waals surface area contributed by atoms with Crippen molar-refractivity contribution in [2.24, 2.45) is 5.92 Å². The van der Waals surface area contributed by atoms with E-state index in [9.17, 15) is 15.0 Å². The molecule has 1 aliphatic carbocycles. The number of H-pyrrole nitrogens is 1. The minimum atomic E-state index is -0.667. The number of nitrogens with zero attached hydrogens (tertiary/aromatic N) is 1. The van der Waals surface area contributed by atoms with Gasteiger partial charge in [0.05, 0.1) is 35.9 Å². The van der Waals surface area contributed by atoms with Gasteiger partial charge >= 0.3 is 5.97 Å². The maximum absolute atomic E-state index is 11.2. The highest BCUT2D eigenvalue weighted by Gasteiger charge is 2.48. The van der Waals surface area contributed by atoms with Crippen LogP contribution in [0.15, 0.2) is 42.5 Å². The van der Waals surface area contributed by atoms with Crippen molar-refractivity contribution in [1.29, 1.82) is 0 Å². The predicted molar refractivity (Wildman–Crippen MR) is 124 cm³/mol. The third-order valence-corrected chi connectivity index (χ3v) is 7.46. The lowest BCUT2D eigenvalue weighted by molar-refractivity contribution is -0.142. The molecule has 0 spiro atoms. The Labute approximate surface area is 196 Å². The minimum absolute atomic E-state index is 0.193. The molecule has 0 bridgehead atoms. The normalized spacial score (nSPS) is 31.0. The Morgan fingerprint density at radius 3 is 2.53 bits per heavy atom. The number of hydrogen-bond acceptors (Lipinski definition) is 6. The number of fused-ring (bicyclic) bond motifs is 2. The summed E-state index contributed by atoms with van der Waals surface area (Å²) in [6, 6.07) is 14.3. The van der Waals surface area contributed by atoms with Gasteiger partial charge in [0.1, 0.15) is 18.3 Å². The Hall–Kier alpha value is -2.94. The Kier molecular flexibility index (Phi) is 5.51. The molecule has 2 aromatic heterocycles. The molecule has 178 valence electrons. The number of aliphatic hydroxyl groups excluding tert-OH is 1. The lowest BCUT2D eigenvalue weighted by atomic mass is 9.78. The van der Waals surface area contributed by atoms with Crippen LogP contribution in [0.1, 0.15) is 37.2 Å². The zero-order valence-corrected chi connectivity index (χ0v) is 18.7. The average molecular weight is 465 g/mol. The Bertz CT molecular complexity index is 1180. The second-order valence-electron chi connectivity index (χ2n) is 9.59. The lowest BCUT2D eigenvalue weighted by Crippen LogP contribution is -2.34. The van der Waals surface area contributed by atoms with Gasteiger partial charge in [-0.2, -0.15) is 0 Å².